The molecule has 2 saturated heterocycles. The van der Waals surface area contributed by atoms with E-state index < -0.39 is 31.9 Å². The SMILES string of the molecule is CC1(C)O[C@H]2O[C@](C#C[Si](C)(C)C)(COCc3ccccc3)[C@@H](OCc3ccccc3)[C@H]2O1. The van der Waals surface area contributed by atoms with Gasteiger partial charge in [0, 0.05) is 0 Å². The molecule has 176 valence electrons. The topological polar surface area (TPSA) is 46.2 Å². The van der Waals surface area contributed by atoms with Crippen LogP contribution in [0.1, 0.15) is 25.0 Å². The predicted molar refractivity (Wildman–Crippen MR) is 130 cm³/mol. The third kappa shape index (κ3) is 6.13. The summed E-state index contributed by atoms with van der Waals surface area (Å²) in [5.74, 6) is 2.70. The zero-order chi connectivity index (χ0) is 23.5. The number of rotatable bonds is 7. The van der Waals surface area contributed by atoms with Crippen molar-refractivity contribution in [3.63, 3.8) is 0 Å². The summed E-state index contributed by atoms with van der Waals surface area (Å²) in [6, 6.07) is 20.2. The van der Waals surface area contributed by atoms with Gasteiger partial charge in [-0.2, -0.15) is 0 Å². The fourth-order valence-electron chi connectivity index (χ4n) is 4.02. The molecule has 6 heteroatoms. The molecule has 2 heterocycles. The average molecular weight is 467 g/mol. The number of fused-ring (bicyclic) bond motifs is 1. The van der Waals surface area contributed by atoms with Crippen molar-refractivity contribution >= 4 is 8.07 Å². The zero-order valence-corrected chi connectivity index (χ0v) is 21.2. The third-order valence-electron chi connectivity index (χ3n) is 5.52. The molecule has 0 N–H and O–H groups in total. The van der Waals surface area contributed by atoms with Crippen LogP contribution in [0.15, 0.2) is 60.7 Å². The first kappa shape index (κ1) is 24.2. The van der Waals surface area contributed by atoms with E-state index in [1.54, 1.807) is 0 Å². The molecule has 0 unspecified atom stereocenters. The Kier molecular flexibility index (Phi) is 7.11. The molecular weight excluding hydrogens is 432 g/mol. The van der Waals surface area contributed by atoms with Crippen LogP contribution in [0.4, 0.5) is 0 Å². The average Bonchev–Trinajstić information content (AvgIpc) is 3.20. The quantitative estimate of drug-likeness (QED) is 0.428. The number of ether oxygens (including phenoxy) is 5. The van der Waals surface area contributed by atoms with E-state index in [4.69, 9.17) is 23.7 Å². The van der Waals surface area contributed by atoms with E-state index in [-0.39, 0.29) is 12.7 Å². The minimum absolute atomic E-state index is 0.263. The molecule has 5 nitrogen and oxygen atoms in total. The van der Waals surface area contributed by atoms with Gasteiger partial charge in [0.15, 0.2) is 17.7 Å². The Bertz CT molecular complexity index is 976. The molecule has 0 bridgehead atoms. The summed E-state index contributed by atoms with van der Waals surface area (Å²) in [5.41, 5.74) is 4.68. The van der Waals surface area contributed by atoms with Crippen molar-refractivity contribution in [1.82, 2.24) is 0 Å². The van der Waals surface area contributed by atoms with Crippen molar-refractivity contribution < 1.29 is 23.7 Å². The summed E-state index contributed by atoms with van der Waals surface area (Å²) in [7, 11) is -1.69. The van der Waals surface area contributed by atoms with Gasteiger partial charge in [0.05, 0.1) is 19.8 Å². The lowest BCUT2D eigenvalue weighted by Crippen LogP contribution is -2.49. The highest BCUT2D eigenvalue weighted by Gasteiger charge is 2.62. The largest absolute Gasteiger partial charge is 0.373 e. The normalized spacial score (nSPS) is 28.2. The Morgan fingerprint density at radius 1 is 0.848 bits per heavy atom. The Morgan fingerprint density at radius 2 is 1.45 bits per heavy atom. The lowest BCUT2D eigenvalue weighted by atomic mass is 9.96. The van der Waals surface area contributed by atoms with Crippen LogP contribution in [-0.4, -0.2) is 44.6 Å². The van der Waals surface area contributed by atoms with E-state index in [1.165, 1.54) is 0 Å². The highest BCUT2D eigenvalue weighted by atomic mass is 28.3. The first-order chi connectivity index (χ1) is 15.7. The lowest BCUT2D eigenvalue weighted by Gasteiger charge is -2.33. The summed E-state index contributed by atoms with van der Waals surface area (Å²) in [6.45, 7) is 11.6. The van der Waals surface area contributed by atoms with Gasteiger partial charge < -0.3 is 23.7 Å². The van der Waals surface area contributed by atoms with Crippen molar-refractivity contribution in [2.45, 2.75) is 76.6 Å². The maximum atomic E-state index is 6.49. The third-order valence-corrected chi connectivity index (χ3v) is 6.40. The van der Waals surface area contributed by atoms with E-state index in [9.17, 15) is 0 Å². The molecule has 0 aliphatic carbocycles. The molecule has 4 rings (SSSR count). The van der Waals surface area contributed by atoms with Crippen molar-refractivity contribution in [3.8, 4) is 11.5 Å². The van der Waals surface area contributed by atoms with Gasteiger partial charge in [0.1, 0.15) is 20.3 Å². The van der Waals surface area contributed by atoms with Crippen molar-refractivity contribution in [1.29, 1.82) is 0 Å². The minimum atomic E-state index is -1.69. The first-order valence-electron chi connectivity index (χ1n) is 11.5. The van der Waals surface area contributed by atoms with Gasteiger partial charge in [-0.25, -0.2) is 0 Å². The van der Waals surface area contributed by atoms with Gasteiger partial charge in [-0.05, 0) is 25.0 Å². The summed E-state index contributed by atoms with van der Waals surface area (Å²) < 4.78 is 31.5. The van der Waals surface area contributed by atoms with Gasteiger partial charge >= 0.3 is 0 Å². The molecule has 2 aliphatic rings. The summed E-state index contributed by atoms with van der Waals surface area (Å²) in [6.07, 6.45) is -1.40. The molecule has 0 spiro atoms. The predicted octanol–water partition coefficient (Wildman–Crippen LogP) is 4.92. The van der Waals surface area contributed by atoms with Crippen molar-refractivity contribution in [3.05, 3.63) is 71.8 Å². The van der Waals surface area contributed by atoms with E-state index in [0.29, 0.717) is 13.2 Å². The van der Waals surface area contributed by atoms with E-state index in [1.807, 2.05) is 74.5 Å². The molecule has 0 radical (unpaired) electrons. The molecule has 2 aromatic carbocycles. The minimum Gasteiger partial charge on any atom is -0.373 e. The summed E-state index contributed by atoms with van der Waals surface area (Å²) in [5, 5.41) is 0. The molecule has 0 aromatic heterocycles. The molecule has 0 saturated carbocycles. The lowest BCUT2D eigenvalue weighted by molar-refractivity contribution is -0.240. The summed E-state index contributed by atoms with van der Waals surface area (Å²) in [4.78, 5) is 0. The van der Waals surface area contributed by atoms with Gasteiger partial charge in [-0.15, -0.1) is 5.54 Å². The zero-order valence-electron chi connectivity index (χ0n) is 20.2. The fraction of sp³-hybridized carbons (Fsp3) is 0.481. The van der Waals surface area contributed by atoms with E-state index in [0.717, 1.165) is 11.1 Å². The smallest absolute Gasteiger partial charge is 0.192 e. The standard InChI is InChI=1S/C27H34O5Si/c1-26(2)30-23-24(29-19-22-14-10-7-11-15-22)27(32-25(23)31-26,16-17-33(3,4)5)20-28-18-21-12-8-6-9-13-21/h6-15,23-25H,18-20H2,1-5H3/t23-,24+,25+,27-/m1/s1. The van der Waals surface area contributed by atoms with Gasteiger partial charge in [0.2, 0.25) is 0 Å². The van der Waals surface area contributed by atoms with Crippen LogP contribution in [-0.2, 0) is 36.9 Å². The van der Waals surface area contributed by atoms with Crippen LogP contribution in [0.5, 0.6) is 0 Å². The highest BCUT2D eigenvalue weighted by Crippen LogP contribution is 2.44. The second-order valence-electron chi connectivity index (χ2n) is 10.2. The monoisotopic (exact) mass is 466 g/mol. The van der Waals surface area contributed by atoms with Crippen LogP contribution in [0.25, 0.3) is 0 Å². The molecule has 2 aliphatic heterocycles. The number of benzene rings is 2. The Balaban J connectivity index is 1.60. The number of hydrogen-bond donors (Lipinski definition) is 0. The first-order valence-corrected chi connectivity index (χ1v) is 15.0. The van der Waals surface area contributed by atoms with E-state index in [2.05, 4.69) is 31.1 Å². The van der Waals surface area contributed by atoms with Gasteiger partial charge in [-0.1, -0.05) is 86.2 Å². The van der Waals surface area contributed by atoms with Crippen LogP contribution in [0.3, 0.4) is 0 Å². The van der Waals surface area contributed by atoms with Crippen LogP contribution >= 0.6 is 0 Å². The van der Waals surface area contributed by atoms with Gasteiger partial charge in [0.25, 0.3) is 0 Å². The fourth-order valence-corrected chi connectivity index (χ4v) is 4.61. The van der Waals surface area contributed by atoms with Crippen LogP contribution < -0.4 is 0 Å². The highest BCUT2D eigenvalue weighted by molar-refractivity contribution is 6.83. The Labute approximate surface area is 198 Å². The molecule has 2 fully saturated rings. The second-order valence-corrected chi connectivity index (χ2v) is 14.9. The van der Waals surface area contributed by atoms with Crippen molar-refractivity contribution in [2.75, 3.05) is 6.61 Å². The summed E-state index contributed by atoms with van der Waals surface area (Å²) >= 11 is 0. The maximum Gasteiger partial charge on any atom is 0.192 e. The molecule has 4 atom stereocenters. The molecular formula is C27H34O5Si. The van der Waals surface area contributed by atoms with Crippen molar-refractivity contribution in [2.24, 2.45) is 0 Å². The van der Waals surface area contributed by atoms with Crippen LogP contribution in [0, 0.1) is 11.5 Å². The second kappa shape index (κ2) is 9.71. The molecule has 2 aromatic rings. The van der Waals surface area contributed by atoms with Crippen LogP contribution in [0.2, 0.25) is 19.6 Å². The molecule has 0 amide bonds. The van der Waals surface area contributed by atoms with Gasteiger partial charge in [-0.3, -0.25) is 0 Å². The van der Waals surface area contributed by atoms with E-state index >= 15 is 0 Å². The molecule has 33 heavy (non-hydrogen) atoms. The number of hydrogen-bond acceptors (Lipinski definition) is 5. The Morgan fingerprint density at radius 3 is 2.06 bits per heavy atom. The Hall–Kier alpha value is -1.98. The maximum absolute atomic E-state index is 6.49.